The highest BCUT2D eigenvalue weighted by atomic mass is 35.5. The van der Waals surface area contributed by atoms with Crippen molar-refractivity contribution in [2.45, 2.75) is 94.8 Å². The highest BCUT2D eigenvalue weighted by Gasteiger charge is 2.42. The molecule has 0 aromatic rings. The van der Waals surface area contributed by atoms with Gasteiger partial charge in [-0.25, -0.2) is 0 Å². The number of nitrogens with one attached hydrogen (secondary N) is 1. The molecule has 3 unspecified atom stereocenters. The van der Waals surface area contributed by atoms with Gasteiger partial charge >= 0.3 is 0 Å². The summed E-state index contributed by atoms with van der Waals surface area (Å²) in [6.45, 7) is 2.10. The predicted molar refractivity (Wildman–Crippen MR) is 101 cm³/mol. The molecule has 3 aliphatic carbocycles. The number of nitro groups is 1. The van der Waals surface area contributed by atoms with Gasteiger partial charge in [0.15, 0.2) is 0 Å². The highest BCUT2D eigenvalue weighted by molar-refractivity contribution is 6.29. The first-order valence-corrected chi connectivity index (χ1v) is 10.3. The summed E-state index contributed by atoms with van der Waals surface area (Å²) < 4.78 is 0. The van der Waals surface area contributed by atoms with E-state index in [4.69, 9.17) is 17.3 Å². The summed E-state index contributed by atoms with van der Waals surface area (Å²) in [6, 6.07) is -0.247. The first-order chi connectivity index (χ1) is 11.9. The minimum absolute atomic E-state index is 0.0597. The van der Waals surface area contributed by atoms with Crippen LogP contribution in [0.2, 0.25) is 0 Å². The molecule has 5 nitrogen and oxygen atoms in total. The summed E-state index contributed by atoms with van der Waals surface area (Å²) in [4.78, 5) is 11.4. The average molecular weight is 370 g/mol. The van der Waals surface area contributed by atoms with Crippen molar-refractivity contribution in [3.05, 3.63) is 21.2 Å². The molecule has 25 heavy (non-hydrogen) atoms. The number of hydrogen-bond donors (Lipinski definition) is 2. The number of rotatable bonds is 4. The van der Waals surface area contributed by atoms with Gasteiger partial charge in [0.25, 0.3) is 0 Å². The number of hydrogen-bond acceptors (Lipinski definition) is 4. The second-order valence-electron chi connectivity index (χ2n) is 8.56. The van der Waals surface area contributed by atoms with Gasteiger partial charge in [-0.1, -0.05) is 24.6 Å². The largest absolute Gasteiger partial charge is 0.325 e. The third-order valence-electron chi connectivity index (χ3n) is 6.95. The third-order valence-corrected chi connectivity index (χ3v) is 7.47. The Morgan fingerprint density at radius 1 is 1.24 bits per heavy atom. The van der Waals surface area contributed by atoms with Crippen LogP contribution < -0.4 is 11.1 Å². The van der Waals surface area contributed by atoms with E-state index in [0.29, 0.717) is 24.3 Å². The Kier molecular flexibility index (Phi) is 6.07. The van der Waals surface area contributed by atoms with E-state index < -0.39 is 6.04 Å². The topological polar surface area (TPSA) is 81.2 Å². The second-order valence-corrected chi connectivity index (χ2v) is 9.00. The van der Waals surface area contributed by atoms with Gasteiger partial charge in [-0.05, 0) is 69.6 Å². The SMILES string of the molecule is CC1CCC(NC2CCC(C3(N)CCC3)CC2)C([N+](=O)[O-])CC=C1Cl. The molecule has 6 heteroatoms. The lowest BCUT2D eigenvalue weighted by Gasteiger charge is -2.48. The van der Waals surface area contributed by atoms with Crippen LogP contribution in [0.3, 0.4) is 0 Å². The molecule has 0 amide bonds. The van der Waals surface area contributed by atoms with Crippen molar-refractivity contribution in [2.24, 2.45) is 17.6 Å². The normalized spacial score (nSPS) is 38.8. The fraction of sp³-hybridized carbons (Fsp3) is 0.895. The standard InChI is InChI=1S/C19H32ClN3O2/c1-13-3-9-17(18(23(24)25)10-8-16(13)20)22-15-6-4-14(5-7-15)19(21)11-2-12-19/h8,13-15,17-18,22H,2-7,9-12,21H2,1H3. The van der Waals surface area contributed by atoms with Gasteiger partial charge in [-0.3, -0.25) is 10.1 Å². The number of allylic oxidation sites excluding steroid dienone is 1. The van der Waals surface area contributed by atoms with Crippen LogP contribution in [0, 0.1) is 22.0 Å². The van der Waals surface area contributed by atoms with Crippen molar-refractivity contribution in [2.75, 3.05) is 0 Å². The first kappa shape index (κ1) is 19.1. The van der Waals surface area contributed by atoms with Gasteiger partial charge in [0.2, 0.25) is 6.04 Å². The van der Waals surface area contributed by atoms with Crippen molar-refractivity contribution >= 4 is 11.6 Å². The summed E-state index contributed by atoms with van der Waals surface area (Å²) >= 11 is 6.24. The number of halogens is 1. The van der Waals surface area contributed by atoms with E-state index in [-0.39, 0.29) is 16.5 Å². The fourth-order valence-corrected chi connectivity index (χ4v) is 5.12. The van der Waals surface area contributed by atoms with E-state index in [1.54, 1.807) is 0 Å². The maximum Gasteiger partial charge on any atom is 0.231 e. The molecule has 2 fully saturated rings. The molecule has 0 aromatic carbocycles. The molecule has 0 saturated heterocycles. The van der Waals surface area contributed by atoms with Crippen LogP contribution in [-0.2, 0) is 0 Å². The smallest absolute Gasteiger partial charge is 0.231 e. The maximum absolute atomic E-state index is 11.6. The van der Waals surface area contributed by atoms with Crippen LogP contribution in [0.1, 0.15) is 71.1 Å². The Balaban J connectivity index is 1.57. The molecule has 0 heterocycles. The summed E-state index contributed by atoms with van der Waals surface area (Å²) in [7, 11) is 0. The molecule has 142 valence electrons. The lowest BCUT2D eigenvalue weighted by Crippen LogP contribution is -2.55. The van der Waals surface area contributed by atoms with Crippen LogP contribution >= 0.6 is 11.6 Å². The number of nitrogens with two attached hydrogens (primary N) is 1. The maximum atomic E-state index is 11.6. The summed E-state index contributed by atoms with van der Waals surface area (Å²) in [5.41, 5.74) is 6.60. The van der Waals surface area contributed by atoms with Gasteiger partial charge in [-0.15, -0.1) is 0 Å². The van der Waals surface area contributed by atoms with Crippen LogP contribution in [0.15, 0.2) is 11.1 Å². The van der Waals surface area contributed by atoms with Crippen LogP contribution in [0.25, 0.3) is 0 Å². The van der Waals surface area contributed by atoms with E-state index in [1.807, 2.05) is 6.08 Å². The summed E-state index contributed by atoms with van der Waals surface area (Å²) in [5, 5.41) is 16.0. The van der Waals surface area contributed by atoms with Gasteiger partial charge in [-0.2, -0.15) is 0 Å². The Morgan fingerprint density at radius 2 is 1.92 bits per heavy atom. The lowest BCUT2D eigenvalue weighted by atomic mass is 9.64. The average Bonchev–Trinajstić information content (AvgIpc) is 2.56. The van der Waals surface area contributed by atoms with Crippen molar-refractivity contribution in [3.63, 3.8) is 0 Å². The zero-order valence-corrected chi connectivity index (χ0v) is 16.0. The van der Waals surface area contributed by atoms with Gasteiger partial charge in [0.1, 0.15) is 0 Å². The third kappa shape index (κ3) is 4.37. The molecular formula is C19H32ClN3O2. The zero-order valence-electron chi connectivity index (χ0n) is 15.3. The predicted octanol–water partition coefficient (Wildman–Crippen LogP) is 3.97. The molecule has 3 atom stereocenters. The Hall–Kier alpha value is -0.650. The lowest BCUT2D eigenvalue weighted by molar-refractivity contribution is -0.526. The fourth-order valence-electron chi connectivity index (χ4n) is 4.92. The molecular weight excluding hydrogens is 338 g/mol. The molecule has 3 rings (SSSR count). The molecule has 0 aliphatic heterocycles. The molecule has 2 saturated carbocycles. The van der Waals surface area contributed by atoms with Crippen molar-refractivity contribution < 1.29 is 4.92 Å². The van der Waals surface area contributed by atoms with E-state index in [1.165, 1.54) is 19.3 Å². The molecule has 0 radical (unpaired) electrons. The Bertz CT molecular complexity index is 513. The highest BCUT2D eigenvalue weighted by Crippen LogP contribution is 2.43. The van der Waals surface area contributed by atoms with E-state index in [0.717, 1.165) is 43.6 Å². The molecule has 0 aromatic heterocycles. The van der Waals surface area contributed by atoms with E-state index in [9.17, 15) is 10.1 Å². The van der Waals surface area contributed by atoms with Crippen molar-refractivity contribution in [3.8, 4) is 0 Å². The van der Waals surface area contributed by atoms with Crippen LogP contribution in [-0.4, -0.2) is 28.6 Å². The first-order valence-electron chi connectivity index (χ1n) is 9.93. The van der Waals surface area contributed by atoms with Crippen molar-refractivity contribution in [1.82, 2.24) is 5.32 Å². The summed E-state index contributed by atoms with van der Waals surface area (Å²) in [6.07, 6.45) is 12.1. The van der Waals surface area contributed by atoms with E-state index >= 15 is 0 Å². The minimum atomic E-state index is -0.577. The van der Waals surface area contributed by atoms with Crippen molar-refractivity contribution in [1.29, 1.82) is 0 Å². The quantitative estimate of drug-likeness (QED) is 0.580. The van der Waals surface area contributed by atoms with Gasteiger partial charge < -0.3 is 11.1 Å². The Labute approximate surface area is 155 Å². The summed E-state index contributed by atoms with van der Waals surface area (Å²) in [5.74, 6) is 0.940. The molecule has 3 N–H and O–H groups in total. The zero-order chi connectivity index (χ0) is 18.0. The van der Waals surface area contributed by atoms with Gasteiger partial charge in [0, 0.05) is 28.0 Å². The number of nitrogens with zero attached hydrogens (tertiary/aromatic N) is 1. The second kappa shape index (κ2) is 7.93. The minimum Gasteiger partial charge on any atom is -0.325 e. The monoisotopic (exact) mass is 369 g/mol. The Morgan fingerprint density at radius 3 is 2.48 bits per heavy atom. The molecule has 0 bridgehead atoms. The van der Waals surface area contributed by atoms with Crippen LogP contribution in [0.5, 0.6) is 0 Å². The van der Waals surface area contributed by atoms with Crippen LogP contribution in [0.4, 0.5) is 0 Å². The molecule has 0 spiro atoms. The van der Waals surface area contributed by atoms with E-state index in [2.05, 4.69) is 12.2 Å². The molecule has 3 aliphatic rings. The van der Waals surface area contributed by atoms with Gasteiger partial charge in [0.05, 0.1) is 6.04 Å².